The lowest BCUT2D eigenvalue weighted by molar-refractivity contribution is -0.140. The standard InChI is InChI=1S/C4H3F3N2O/c5-4(6,7)2-1-8-3(10)9-2/h1H,(H2,8,9,10). The van der Waals surface area contributed by atoms with Crippen molar-refractivity contribution < 1.29 is 13.2 Å². The van der Waals surface area contributed by atoms with Gasteiger partial charge in [-0.05, 0) is 0 Å². The molecule has 1 heterocycles. The van der Waals surface area contributed by atoms with E-state index < -0.39 is 17.6 Å². The number of aromatic nitrogens is 2. The minimum atomic E-state index is -4.47. The number of alkyl halides is 3. The molecule has 0 bridgehead atoms. The molecule has 0 aliphatic heterocycles. The Bertz CT molecular complexity index is 271. The molecule has 0 saturated heterocycles. The average Bonchev–Trinajstić information content (AvgIpc) is 2.11. The minimum absolute atomic E-state index is 0.586. The molecule has 1 aromatic rings. The normalized spacial score (nSPS) is 11.9. The Labute approximate surface area is 52.9 Å². The summed E-state index contributed by atoms with van der Waals surface area (Å²) in [6.45, 7) is 0. The summed E-state index contributed by atoms with van der Waals surface area (Å²) in [5.41, 5.74) is -1.91. The molecule has 0 aliphatic carbocycles. The molecule has 1 rings (SSSR count). The maximum absolute atomic E-state index is 11.6. The number of imidazole rings is 1. The zero-order chi connectivity index (χ0) is 7.78. The molecule has 10 heavy (non-hydrogen) atoms. The van der Waals surface area contributed by atoms with Gasteiger partial charge in [-0.25, -0.2) is 4.79 Å². The second kappa shape index (κ2) is 1.89. The van der Waals surface area contributed by atoms with E-state index in [-0.39, 0.29) is 0 Å². The van der Waals surface area contributed by atoms with Crippen molar-refractivity contribution >= 4 is 0 Å². The van der Waals surface area contributed by atoms with Crippen LogP contribution in [0.3, 0.4) is 0 Å². The summed E-state index contributed by atoms with van der Waals surface area (Å²) in [6.07, 6.45) is -3.89. The summed E-state index contributed by atoms with van der Waals surface area (Å²) in [4.78, 5) is 13.5. The number of rotatable bonds is 0. The Morgan fingerprint density at radius 3 is 2.20 bits per heavy atom. The Morgan fingerprint density at radius 1 is 1.40 bits per heavy atom. The lowest BCUT2D eigenvalue weighted by Gasteiger charge is -1.99. The van der Waals surface area contributed by atoms with Crippen molar-refractivity contribution in [3.63, 3.8) is 0 Å². The Morgan fingerprint density at radius 2 is 2.00 bits per heavy atom. The fourth-order valence-electron chi connectivity index (χ4n) is 0.485. The molecule has 0 unspecified atom stereocenters. The van der Waals surface area contributed by atoms with E-state index in [1.165, 1.54) is 0 Å². The van der Waals surface area contributed by atoms with Crippen molar-refractivity contribution in [2.24, 2.45) is 0 Å². The van der Waals surface area contributed by atoms with Crippen LogP contribution in [0, 0.1) is 0 Å². The van der Waals surface area contributed by atoms with Crippen LogP contribution in [0.1, 0.15) is 5.69 Å². The van der Waals surface area contributed by atoms with Crippen LogP contribution in [0.4, 0.5) is 13.2 Å². The molecule has 0 radical (unpaired) electrons. The zero-order valence-electron chi connectivity index (χ0n) is 4.62. The first-order valence-electron chi connectivity index (χ1n) is 2.35. The van der Waals surface area contributed by atoms with Gasteiger partial charge >= 0.3 is 11.9 Å². The van der Waals surface area contributed by atoms with Crippen molar-refractivity contribution in [2.75, 3.05) is 0 Å². The number of hydrogen-bond donors (Lipinski definition) is 2. The largest absolute Gasteiger partial charge is 0.432 e. The lowest BCUT2D eigenvalue weighted by Crippen LogP contribution is -2.08. The number of H-pyrrole nitrogens is 2. The van der Waals surface area contributed by atoms with Crippen LogP contribution in [-0.2, 0) is 6.18 Å². The first-order chi connectivity index (χ1) is 4.50. The van der Waals surface area contributed by atoms with Crippen LogP contribution in [0.15, 0.2) is 11.0 Å². The summed E-state index contributed by atoms with van der Waals surface area (Å²) in [7, 11) is 0. The number of halogens is 3. The molecular weight excluding hydrogens is 149 g/mol. The molecule has 0 fully saturated rings. The summed E-state index contributed by atoms with van der Waals surface area (Å²) in [5.74, 6) is 0. The van der Waals surface area contributed by atoms with Crippen LogP contribution in [-0.4, -0.2) is 9.97 Å². The monoisotopic (exact) mass is 152 g/mol. The Balaban J connectivity index is 3.07. The van der Waals surface area contributed by atoms with Gasteiger partial charge in [0, 0.05) is 6.20 Å². The molecule has 0 aliphatic rings. The smallest absolute Gasteiger partial charge is 0.312 e. The maximum Gasteiger partial charge on any atom is 0.432 e. The van der Waals surface area contributed by atoms with Gasteiger partial charge in [0.15, 0.2) is 0 Å². The van der Waals surface area contributed by atoms with Gasteiger partial charge < -0.3 is 9.97 Å². The van der Waals surface area contributed by atoms with E-state index in [4.69, 9.17) is 0 Å². The molecule has 0 spiro atoms. The van der Waals surface area contributed by atoms with Crippen LogP contribution in [0.25, 0.3) is 0 Å². The van der Waals surface area contributed by atoms with Gasteiger partial charge in [-0.15, -0.1) is 0 Å². The summed E-state index contributed by atoms with van der Waals surface area (Å²) >= 11 is 0. The van der Waals surface area contributed by atoms with Gasteiger partial charge in [0.25, 0.3) is 0 Å². The van der Waals surface area contributed by atoms with Gasteiger partial charge in [-0.2, -0.15) is 13.2 Å². The van der Waals surface area contributed by atoms with E-state index in [0.29, 0.717) is 6.20 Å². The molecule has 0 saturated carbocycles. The minimum Gasteiger partial charge on any atom is -0.312 e. The fourth-order valence-corrected chi connectivity index (χ4v) is 0.485. The van der Waals surface area contributed by atoms with Gasteiger partial charge in [0.1, 0.15) is 5.69 Å². The van der Waals surface area contributed by atoms with E-state index in [0.717, 1.165) is 0 Å². The van der Waals surface area contributed by atoms with Gasteiger partial charge in [0.2, 0.25) is 0 Å². The van der Waals surface area contributed by atoms with Crippen molar-refractivity contribution in [3.8, 4) is 0 Å². The summed E-state index contributed by atoms with van der Waals surface area (Å²) < 4.78 is 34.8. The van der Waals surface area contributed by atoms with E-state index in [1.807, 2.05) is 4.98 Å². The van der Waals surface area contributed by atoms with Crippen molar-refractivity contribution in [1.29, 1.82) is 0 Å². The second-order valence-corrected chi connectivity index (χ2v) is 1.65. The van der Waals surface area contributed by atoms with Crippen molar-refractivity contribution in [2.45, 2.75) is 6.18 Å². The highest BCUT2D eigenvalue weighted by atomic mass is 19.4. The van der Waals surface area contributed by atoms with E-state index in [1.54, 1.807) is 4.98 Å². The Kier molecular flexibility index (Phi) is 1.31. The first kappa shape index (κ1) is 6.91. The molecule has 0 atom stereocenters. The third-order valence-electron chi connectivity index (χ3n) is 0.901. The van der Waals surface area contributed by atoms with E-state index in [9.17, 15) is 18.0 Å². The lowest BCUT2D eigenvalue weighted by atomic mass is 10.5. The molecule has 2 N–H and O–H groups in total. The van der Waals surface area contributed by atoms with Gasteiger partial charge in [-0.1, -0.05) is 0 Å². The molecule has 6 heteroatoms. The van der Waals surface area contributed by atoms with Crippen LogP contribution in [0.2, 0.25) is 0 Å². The zero-order valence-corrected chi connectivity index (χ0v) is 4.62. The predicted molar refractivity (Wildman–Crippen MR) is 26.4 cm³/mol. The number of nitrogens with one attached hydrogen (secondary N) is 2. The van der Waals surface area contributed by atoms with Crippen LogP contribution >= 0.6 is 0 Å². The van der Waals surface area contributed by atoms with Gasteiger partial charge in [0.05, 0.1) is 0 Å². The molecule has 56 valence electrons. The topological polar surface area (TPSA) is 48.6 Å². The molecule has 0 aromatic carbocycles. The Hall–Kier alpha value is -1.20. The SMILES string of the molecule is O=c1[nH]cc(C(F)(F)F)[nH]1. The highest BCUT2D eigenvalue weighted by Gasteiger charge is 2.32. The van der Waals surface area contributed by atoms with Crippen molar-refractivity contribution in [1.82, 2.24) is 9.97 Å². The van der Waals surface area contributed by atoms with E-state index in [2.05, 4.69) is 0 Å². The molecular formula is C4H3F3N2O. The van der Waals surface area contributed by atoms with Gasteiger partial charge in [-0.3, -0.25) is 0 Å². The highest BCUT2D eigenvalue weighted by Crippen LogP contribution is 2.25. The quantitative estimate of drug-likeness (QED) is 0.565. The second-order valence-electron chi connectivity index (χ2n) is 1.65. The third kappa shape index (κ3) is 1.20. The fraction of sp³-hybridized carbons (Fsp3) is 0.250. The summed E-state index contributed by atoms with van der Waals surface area (Å²) in [5, 5.41) is 0. The summed E-state index contributed by atoms with van der Waals surface area (Å²) in [6, 6.07) is 0. The third-order valence-corrected chi connectivity index (χ3v) is 0.901. The number of hydrogen-bond acceptors (Lipinski definition) is 1. The highest BCUT2D eigenvalue weighted by molar-refractivity contribution is 4.98. The van der Waals surface area contributed by atoms with E-state index >= 15 is 0 Å². The van der Waals surface area contributed by atoms with Crippen LogP contribution < -0.4 is 5.69 Å². The average molecular weight is 152 g/mol. The number of aromatic amines is 2. The van der Waals surface area contributed by atoms with Crippen molar-refractivity contribution in [3.05, 3.63) is 22.4 Å². The molecule has 0 amide bonds. The first-order valence-corrected chi connectivity index (χ1v) is 2.35. The molecule has 3 nitrogen and oxygen atoms in total. The van der Waals surface area contributed by atoms with Crippen LogP contribution in [0.5, 0.6) is 0 Å². The predicted octanol–water partition coefficient (Wildman–Crippen LogP) is 0.722. The molecule has 1 aromatic heterocycles. The maximum atomic E-state index is 11.6.